The van der Waals surface area contributed by atoms with Gasteiger partial charge in [0.15, 0.2) is 5.76 Å². The standard InChI is InChI=1S/C24H25FN4O3/c1-14-7-6-10-28-19(15(2)26-23(14)28)21(30)18-20(16-8-5-9-17(25)13-16)29(12-11-27(3)4)24(32)22(18)31/h5-10,13,20,30H,11-12H2,1-4H3/t20-/m1/s1. The minimum atomic E-state index is -0.902. The molecule has 0 unspecified atom stereocenters. The van der Waals surface area contributed by atoms with Crippen LogP contribution in [0, 0.1) is 19.7 Å². The molecule has 4 rings (SSSR count). The van der Waals surface area contributed by atoms with E-state index in [1.165, 1.54) is 23.1 Å². The molecule has 0 radical (unpaired) electrons. The third-order valence-electron chi connectivity index (χ3n) is 5.74. The Morgan fingerprint density at radius 2 is 1.94 bits per heavy atom. The zero-order chi connectivity index (χ0) is 23.2. The number of benzene rings is 1. The number of aliphatic hydroxyl groups excluding tert-OH is 1. The number of hydrogen-bond acceptors (Lipinski definition) is 5. The van der Waals surface area contributed by atoms with Crippen molar-refractivity contribution < 1.29 is 19.1 Å². The number of halogens is 1. The Balaban J connectivity index is 1.95. The van der Waals surface area contributed by atoms with Crippen LogP contribution in [-0.2, 0) is 9.59 Å². The summed E-state index contributed by atoms with van der Waals surface area (Å²) < 4.78 is 15.8. The van der Waals surface area contributed by atoms with Crippen LogP contribution in [0.15, 0.2) is 48.2 Å². The molecule has 1 amide bonds. The van der Waals surface area contributed by atoms with E-state index >= 15 is 0 Å². The van der Waals surface area contributed by atoms with E-state index in [0.717, 1.165) is 5.56 Å². The van der Waals surface area contributed by atoms with Crippen molar-refractivity contribution in [2.75, 3.05) is 27.2 Å². The molecule has 0 bridgehead atoms. The Bertz CT molecular complexity index is 1260. The number of carbonyl (C=O) groups is 2. The number of ketones is 1. The van der Waals surface area contributed by atoms with E-state index in [9.17, 15) is 19.1 Å². The maximum absolute atomic E-state index is 14.1. The number of carbonyl (C=O) groups excluding carboxylic acids is 2. The van der Waals surface area contributed by atoms with Gasteiger partial charge in [0.1, 0.15) is 17.2 Å². The van der Waals surface area contributed by atoms with Gasteiger partial charge >= 0.3 is 0 Å². The molecule has 3 heterocycles. The first-order valence-electron chi connectivity index (χ1n) is 10.3. The lowest BCUT2D eigenvalue weighted by atomic mass is 9.96. The first-order chi connectivity index (χ1) is 15.2. The summed E-state index contributed by atoms with van der Waals surface area (Å²) in [6, 6.07) is 8.59. The number of aromatic nitrogens is 2. The molecule has 1 atom stereocenters. The van der Waals surface area contributed by atoms with Crippen molar-refractivity contribution in [3.05, 3.63) is 76.5 Å². The average molecular weight is 436 g/mol. The summed E-state index contributed by atoms with van der Waals surface area (Å²) in [5.41, 5.74) is 2.78. The van der Waals surface area contributed by atoms with Gasteiger partial charge in [-0.1, -0.05) is 18.2 Å². The minimum absolute atomic E-state index is 0.0641. The second-order valence-electron chi connectivity index (χ2n) is 8.28. The fourth-order valence-electron chi connectivity index (χ4n) is 4.17. The highest BCUT2D eigenvalue weighted by atomic mass is 19.1. The highest BCUT2D eigenvalue weighted by Crippen LogP contribution is 2.40. The van der Waals surface area contributed by atoms with Crippen LogP contribution in [0.1, 0.15) is 28.6 Å². The van der Waals surface area contributed by atoms with Crippen molar-refractivity contribution in [1.82, 2.24) is 19.2 Å². The van der Waals surface area contributed by atoms with E-state index in [1.807, 2.05) is 38.1 Å². The number of pyridine rings is 1. The summed E-state index contributed by atoms with van der Waals surface area (Å²) in [6.45, 7) is 4.40. The van der Waals surface area contributed by atoms with E-state index in [2.05, 4.69) is 4.98 Å². The third kappa shape index (κ3) is 3.56. The molecule has 0 spiro atoms. The number of aryl methyl sites for hydroxylation is 2. The second-order valence-corrected chi connectivity index (χ2v) is 8.28. The number of hydrogen-bond donors (Lipinski definition) is 1. The minimum Gasteiger partial charge on any atom is -0.505 e. The van der Waals surface area contributed by atoms with Crippen LogP contribution < -0.4 is 0 Å². The largest absolute Gasteiger partial charge is 0.505 e. The van der Waals surface area contributed by atoms with Crippen LogP contribution >= 0.6 is 0 Å². The predicted molar refractivity (Wildman–Crippen MR) is 119 cm³/mol. The van der Waals surface area contributed by atoms with Gasteiger partial charge in [-0.25, -0.2) is 9.37 Å². The lowest BCUT2D eigenvalue weighted by molar-refractivity contribution is -0.140. The number of likely N-dealkylation sites (tertiary alicyclic amines) is 1. The molecule has 0 saturated carbocycles. The van der Waals surface area contributed by atoms with E-state index < -0.39 is 23.5 Å². The summed E-state index contributed by atoms with van der Waals surface area (Å²) in [5, 5.41) is 11.4. The predicted octanol–water partition coefficient (Wildman–Crippen LogP) is 3.07. The van der Waals surface area contributed by atoms with Gasteiger partial charge < -0.3 is 14.9 Å². The normalized spacial score (nSPS) is 18.3. The molecule has 1 aliphatic heterocycles. The Hall–Kier alpha value is -3.52. The van der Waals surface area contributed by atoms with Gasteiger partial charge in [-0.3, -0.25) is 14.0 Å². The van der Waals surface area contributed by atoms with Gasteiger partial charge in [0, 0.05) is 19.3 Å². The Morgan fingerprint density at radius 1 is 1.19 bits per heavy atom. The van der Waals surface area contributed by atoms with E-state index in [-0.39, 0.29) is 17.9 Å². The molecule has 8 heteroatoms. The van der Waals surface area contributed by atoms with Gasteiger partial charge in [-0.05, 0) is 57.3 Å². The number of aliphatic hydroxyl groups is 1. The van der Waals surface area contributed by atoms with Crippen LogP contribution in [0.4, 0.5) is 4.39 Å². The van der Waals surface area contributed by atoms with E-state index in [4.69, 9.17) is 0 Å². The summed E-state index contributed by atoms with van der Waals surface area (Å²) >= 11 is 0. The molecular formula is C24H25FN4O3. The molecule has 1 saturated heterocycles. The van der Waals surface area contributed by atoms with Crippen molar-refractivity contribution in [2.24, 2.45) is 0 Å². The van der Waals surface area contributed by atoms with Gasteiger partial charge in [-0.2, -0.15) is 0 Å². The molecule has 1 fully saturated rings. The fourth-order valence-corrected chi connectivity index (χ4v) is 4.17. The molecule has 32 heavy (non-hydrogen) atoms. The Morgan fingerprint density at radius 3 is 2.62 bits per heavy atom. The molecule has 1 N–H and O–H groups in total. The monoisotopic (exact) mass is 436 g/mol. The topological polar surface area (TPSA) is 78.1 Å². The fraction of sp³-hybridized carbons (Fsp3) is 0.292. The van der Waals surface area contributed by atoms with E-state index in [0.29, 0.717) is 29.1 Å². The molecular weight excluding hydrogens is 411 g/mol. The molecule has 2 aromatic heterocycles. The van der Waals surface area contributed by atoms with Crippen LogP contribution in [0.5, 0.6) is 0 Å². The number of nitrogens with zero attached hydrogens (tertiary/aromatic N) is 4. The van der Waals surface area contributed by atoms with Gasteiger partial charge in [0.05, 0.1) is 17.3 Å². The highest BCUT2D eigenvalue weighted by molar-refractivity contribution is 6.46. The molecule has 166 valence electrons. The van der Waals surface area contributed by atoms with Crippen LogP contribution in [0.25, 0.3) is 11.4 Å². The van der Waals surface area contributed by atoms with Crippen molar-refractivity contribution >= 4 is 23.1 Å². The van der Waals surface area contributed by atoms with Gasteiger partial charge in [0.25, 0.3) is 11.7 Å². The Kier molecular flexibility index (Phi) is 5.56. The number of amides is 1. The summed E-state index contributed by atoms with van der Waals surface area (Å²) in [4.78, 5) is 33.9. The van der Waals surface area contributed by atoms with Crippen molar-refractivity contribution in [1.29, 1.82) is 0 Å². The second kappa shape index (κ2) is 8.20. The number of Topliss-reactive ketones (excluding diaryl/α,β-unsaturated/α-hetero) is 1. The quantitative estimate of drug-likeness (QED) is 0.378. The summed E-state index contributed by atoms with van der Waals surface area (Å²) in [6.07, 6.45) is 1.75. The first-order valence-corrected chi connectivity index (χ1v) is 10.3. The number of fused-ring (bicyclic) bond motifs is 1. The molecule has 0 aliphatic carbocycles. The van der Waals surface area contributed by atoms with E-state index in [1.54, 1.807) is 23.6 Å². The average Bonchev–Trinajstić information content (AvgIpc) is 3.21. The first kappa shape index (κ1) is 21.7. The number of rotatable bonds is 5. The van der Waals surface area contributed by atoms with Crippen molar-refractivity contribution in [3.8, 4) is 0 Å². The Labute approximate surface area is 185 Å². The molecule has 7 nitrogen and oxygen atoms in total. The lowest BCUT2D eigenvalue weighted by Gasteiger charge is -2.26. The van der Waals surface area contributed by atoms with Crippen molar-refractivity contribution in [3.63, 3.8) is 0 Å². The zero-order valence-corrected chi connectivity index (χ0v) is 18.5. The maximum Gasteiger partial charge on any atom is 0.295 e. The van der Waals surface area contributed by atoms with Crippen LogP contribution in [0.3, 0.4) is 0 Å². The molecule has 3 aromatic rings. The lowest BCUT2D eigenvalue weighted by Crippen LogP contribution is -2.35. The summed E-state index contributed by atoms with van der Waals surface area (Å²) in [5.74, 6) is -2.31. The number of imidazole rings is 1. The molecule has 1 aliphatic rings. The van der Waals surface area contributed by atoms with Crippen LogP contribution in [0.2, 0.25) is 0 Å². The van der Waals surface area contributed by atoms with Crippen LogP contribution in [-0.4, -0.2) is 63.2 Å². The van der Waals surface area contributed by atoms with Crippen molar-refractivity contribution in [2.45, 2.75) is 19.9 Å². The number of likely N-dealkylation sites (N-methyl/N-ethyl adjacent to an activating group) is 1. The third-order valence-corrected chi connectivity index (χ3v) is 5.74. The SMILES string of the molecule is Cc1nc2c(C)cccn2c1C(O)=C1C(=O)C(=O)N(CCN(C)C)[C@@H]1c1cccc(F)c1. The van der Waals surface area contributed by atoms with Gasteiger partial charge in [-0.15, -0.1) is 0 Å². The zero-order valence-electron chi connectivity index (χ0n) is 18.5. The smallest absolute Gasteiger partial charge is 0.295 e. The maximum atomic E-state index is 14.1. The summed E-state index contributed by atoms with van der Waals surface area (Å²) in [7, 11) is 3.72. The van der Waals surface area contributed by atoms with Gasteiger partial charge in [0.2, 0.25) is 0 Å². The highest BCUT2D eigenvalue weighted by Gasteiger charge is 2.46. The molecule has 1 aromatic carbocycles.